The van der Waals surface area contributed by atoms with Gasteiger partial charge in [-0.05, 0) is 65.8 Å². The van der Waals surface area contributed by atoms with E-state index in [4.69, 9.17) is 5.73 Å². The summed E-state index contributed by atoms with van der Waals surface area (Å²) in [4.78, 5) is 45.5. The van der Waals surface area contributed by atoms with Gasteiger partial charge in [-0.2, -0.15) is 0 Å². The fraction of sp³-hybridized carbons (Fsp3) is 0.227. The first-order chi connectivity index (χ1) is 16.2. The maximum Gasteiger partial charge on any atom is 0.333 e. The van der Waals surface area contributed by atoms with Gasteiger partial charge in [0.1, 0.15) is 12.4 Å². The van der Waals surface area contributed by atoms with Gasteiger partial charge in [0.25, 0.3) is 5.56 Å². The van der Waals surface area contributed by atoms with Gasteiger partial charge in [0.15, 0.2) is 0 Å². The van der Waals surface area contributed by atoms with Crippen LogP contribution in [0.1, 0.15) is 22.5 Å². The largest absolute Gasteiger partial charge is 0.384 e. The number of anilines is 2. The van der Waals surface area contributed by atoms with Crippen molar-refractivity contribution in [3.63, 3.8) is 0 Å². The average Bonchev–Trinajstić information content (AvgIpc) is 2.79. The predicted octanol–water partition coefficient (Wildman–Crippen LogP) is 1.58. The van der Waals surface area contributed by atoms with Gasteiger partial charge < -0.3 is 16.4 Å². The van der Waals surface area contributed by atoms with Crippen LogP contribution in [0.3, 0.4) is 0 Å². The standard InChI is InChI=1S/C22H25IN8O3/c1-13-9-26-20(29-30-22(34)27-10-15-4-3-5-17(23)8-15)21(33)31(13)12-19(32)25-11-16-6-7-18(24)28-14(16)2/h3-9H,10-12H2,1-2H3,(H2,24,28)(H,25,32)(H,26,29)(H2,27,30,34). The summed E-state index contributed by atoms with van der Waals surface area (Å²) in [6.45, 7) is 3.84. The molecule has 0 bridgehead atoms. The Morgan fingerprint density at radius 3 is 2.65 bits per heavy atom. The Bertz CT molecular complexity index is 1260. The Hall–Kier alpha value is -3.68. The van der Waals surface area contributed by atoms with Crippen molar-refractivity contribution in [1.82, 2.24) is 30.6 Å². The molecule has 0 aliphatic carbocycles. The van der Waals surface area contributed by atoms with Crippen LogP contribution in [-0.2, 0) is 24.4 Å². The molecule has 3 rings (SSSR count). The van der Waals surface area contributed by atoms with Gasteiger partial charge in [-0.3, -0.25) is 25.0 Å². The number of amides is 3. The molecule has 12 heteroatoms. The number of nitrogens with two attached hydrogens (primary N) is 1. The predicted molar refractivity (Wildman–Crippen MR) is 137 cm³/mol. The smallest absolute Gasteiger partial charge is 0.333 e. The van der Waals surface area contributed by atoms with Crippen molar-refractivity contribution in [2.45, 2.75) is 33.5 Å². The van der Waals surface area contributed by atoms with Crippen molar-refractivity contribution in [2.24, 2.45) is 0 Å². The van der Waals surface area contributed by atoms with Crippen molar-refractivity contribution < 1.29 is 9.59 Å². The summed E-state index contributed by atoms with van der Waals surface area (Å²) in [5.74, 6) is -0.0631. The third-order valence-corrected chi connectivity index (χ3v) is 5.56. The first-order valence-electron chi connectivity index (χ1n) is 10.3. The number of hydrazine groups is 1. The molecule has 0 spiro atoms. The average molecular weight is 576 g/mol. The van der Waals surface area contributed by atoms with E-state index in [0.717, 1.165) is 20.4 Å². The number of hydrogen-bond donors (Lipinski definition) is 5. The van der Waals surface area contributed by atoms with Crippen LogP contribution in [0, 0.1) is 17.4 Å². The zero-order valence-corrected chi connectivity index (χ0v) is 20.8. The molecule has 2 aromatic heterocycles. The summed E-state index contributed by atoms with van der Waals surface area (Å²) in [5.41, 5.74) is 13.0. The number of aromatic nitrogens is 3. The van der Waals surface area contributed by atoms with E-state index < -0.39 is 11.6 Å². The fourth-order valence-electron chi connectivity index (χ4n) is 3.03. The van der Waals surface area contributed by atoms with Crippen molar-refractivity contribution in [3.8, 4) is 0 Å². The maximum atomic E-state index is 12.8. The molecule has 0 unspecified atom stereocenters. The number of nitrogen functional groups attached to an aromatic ring is 1. The van der Waals surface area contributed by atoms with Gasteiger partial charge >= 0.3 is 6.03 Å². The van der Waals surface area contributed by atoms with E-state index in [1.54, 1.807) is 26.0 Å². The molecule has 1 aromatic carbocycles. The minimum absolute atomic E-state index is 0.110. The molecule has 2 heterocycles. The molecule has 0 fully saturated rings. The van der Waals surface area contributed by atoms with E-state index >= 15 is 0 Å². The number of rotatable bonds is 8. The first-order valence-corrected chi connectivity index (χ1v) is 11.4. The number of nitrogens with one attached hydrogen (secondary N) is 4. The minimum Gasteiger partial charge on any atom is -0.384 e. The summed E-state index contributed by atoms with van der Waals surface area (Å²) in [6.07, 6.45) is 1.44. The molecule has 0 aliphatic rings. The number of carbonyl (C=O) groups is 2. The van der Waals surface area contributed by atoms with Crippen molar-refractivity contribution in [1.29, 1.82) is 0 Å². The highest BCUT2D eigenvalue weighted by molar-refractivity contribution is 14.1. The minimum atomic E-state index is -0.543. The Kier molecular flexibility index (Phi) is 8.40. The van der Waals surface area contributed by atoms with Crippen molar-refractivity contribution in [2.75, 3.05) is 11.2 Å². The number of carbonyl (C=O) groups excluding carboxylic acids is 2. The van der Waals surface area contributed by atoms with E-state index in [2.05, 4.69) is 54.0 Å². The zero-order chi connectivity index (χ0) is 24.7. The van der Waals surface area contributed by atoms with E-state index in [1.165, 1.54) is 10.8 Å². The molecule has 0 saturated heterocycles. The Labute approximate surface area is 209 Å². The van der Waals surface area contributed by atoms with Gasteiger partial charge in [0, 0.05) is 34.2 Å². The Morgan fingerprint density at radius 1 is 1.12 bits per heavy atom. The van der Waals surface area contributed by atoms with Crippen LogP contribution in [-0.4, -0.2) is 26.5 Å². The van der Waals surface area contributed by atoms with Crippen LogP contribution >= 0.6 is 22.6 Å². The molecule has 3 amide bonds. The highest BCUT2D eigenvalue weighted by atomic mass is 127. The van der Waals surface area contributed by atoms with Crippen LogP contribution in [0.4, 0.5) is 16.4 Å². The number of benzene rings is 1. The van der Waals surface area contributed by atoms with Crippen LogP contribution in [0.2, 0.25) is 0 Å². The second kappa shape index (κ2) is 11.4. The number of aryl methyl sites for hydroxylation is 2. The third kappa shape index (κ3) is 6.91. The molecule has 11 nitrogen and oxygen atoms in total. The van der Waals surface area contributed by atoms with E-state index in [-0.39, 0.29) is 24.8 Å². The molecule has 6 N–H and O–H groups in total. The molecular weight excluding hydrogens is 551 g/mol. The lowest BCUT2D eigenvalue weighted by Crippen LogP contribution is -2.41. The lowest BCUT2D eigenvalue weighted by molar-refractivity contribution is -0.121. The van der Waals surface area contributed by atoms with Gasteiger partial charge in [-0.1, -0.05) is 18.2 Å². The van der Waals surface area contributed by atoms with E-state index in [0.29, 0.717) is 18.1 Å². The number of halogens is 1. The lowest BCUT2D eigenvalue weighted by Gasteiger charge is -2.14. The Balaban J connectivity index is 1.56. The molecule has 0 radical (unpaired) electrons. The van der Waals surface area contributed by atoms with Crippen LogP contribution in [0.15, 0.2) is 47.4 Å². The molecular formula is C22H25IN8O3. The van der Waals surface area contributed by atoms with Crippen LogP contribution in [0.5, 0.6) is 0 Å². The Morgan fingerprint density at radius 2 is 1.91 bits per heavy atom. The van der Waals surface area contributed by atoms with Gasteiger partial charge in [-0.15, -0.1) is 0 Å². The molecule has 34 heavy (non-hydrogen) atoms. The fourth-order valence-corrected chi connectivity index (χ4v) is 3.64. The number of urea groups is 1. The van der Waals surface area contributed by atoms with Crippen LogP contribution < -0.4 is 32.8 Å². The van der Waals surface area contributed by atoms with Gasteiger partial charge in [-0.25, -0.2) is 14.8 Å². The number of pyridine rings is 1. The SMILES string of the molecule is Cc1nc(N)ccc1CNC(=O)Cn1c(C)cnc(NNC(=O)NCc2cccc(I)c2)c1=O. The quantitative estimate of drug-likeness (QED) is 0.201. The number of nitrogens with zero attached hydrogens (tertiary/aromatic N) is 3. The zero-order valence-electron chi connectivity index (χ0n) is 18.7. The van der Waals surface area contributed by atoms with Crippen molar-refractivity contribution >= 4 is 46.2 Å². The molecule has 0 saturated carbocycles. The second-order valence-electron chi connectivity index (χ2n) is 7.46. The summed E-state index contributed by atoms with van der Waals surface area (Å²) < 4.78 is 2.33. The first kappa shape index (κ1) is 25.0. The monoisotopic (exact) mass is 576 g/mol. The lowest BCUT2D eigenvalue weighted by atomic mass is 10.2. The highest BCUT2D eigenvalue weighted by Crippen LogP contribution is 2.08. The van der Waals surface area contributed by atoms with E-state index in [9.17, 15) is 14.4 Å². The molecule has 3 aromatic rings. The molecule has 0 aliphatic heterocycles. The maximum absolute atomic E-state index is 12.8. The van der Waals surface area contributed by atoms with E-state index in [1.807, 2.05) is 24.3 Å². The van der Waals surface area contributed by atoms with Crippen LogP contribution in [0.25, 0.3) is 0 Å². The second-order valence-corrected chi connectivity index (χ2v) is 8.71. The summed E-state index contributed by atoms with van der Waals surface area (Å²) in [6, 6.07) is 10.6. The summed E-state index contributed by atoms with van der Waals surface area (Å²) in [5, 5.41) is 5.45. The molecule has 0 atom stereocenters. The normalized spacial score (nSPS) is 10.4. The summed E-state index contributed by atoms with van der Waals surface area (Å²) >= 11 is 2.19. The summed E-state index contributed by atoms with van der Waals surface area (Å²) in [7, 11) is 0. The third-order valence-electron chi connectivity index (χ3n) is 4.89. The van der Waals surface area contributed by atoms with Crippen molar-refractivity contribution in [3.05, 3.63) is 79.0 Å². The highest BCUT2D eigenvalue weighted by Gasteiger charge is 2.13. The topological polar surface area (TPSA) is 156 Å². The van der Waals surface area contributed by atoms with Gasteiger partial charge in [0.2, 0.25) is 11.7 Å². The number of hydrogen-bond acceptors (Lipinski definition) is 7. The molecule has 178 valence electrons. The van der Waals surface area contributed by atoms with Gasteiger partial charge in [0.05, 0.1) is 0 Å².